The van der Waals surface area contributed by atoms with Crippen molar-refractivity contribution < 1.29 is 21.4 Å². The number of rotatable bonds is 5. The highest BCUT2D eigenvalue weighted by molar-refractivity contribution is 7.89. The van der Waals surface area contributed by atoms with Crippen LogP contribution in [0.2, 0.25) is 0 Å². The molecule has 2 aromatic heterocycles. The lowest BCUT2D eigenvalue weighted by Crippen LogP contribution is -2.27. The van der Waals surface area contributed by atoms with Crippen molar-refractivity contribution in [3.05, 3.63) is 47.5 Å². The van der Waals surface area contributed by atoms with Crippen LogP contribution in [-0.2, 0) is 26.5 Å². The summed E-state index contributed by atoms with van der Waals surface area (Å²) in [5, 5.41) is 9.90. The second-order valence-electron chi connectivity index (χ2n) is 7.70. The zero-order valence-corrected chi connectivity index (χ0v) is 20.3. The van der Waals surface area contributed by atoms with Gasteiger partial charge in [-0.15, -0.1) is 0 Å². The van der Waals surface area contributed by atoms with E-state index in [1.54, 1.807) is 32.2 Å². The van der Waals surface area contributed by atoms with Gasteiger partial charge in [0.2, 0.25) is 26.0 Å². The molecular formula is C20H25N7O5S2. The van der Waals surface area contributed by atoms with Crippen molar-refractivity contribution >= 4 is 37.5 Å². The smallest absolute Gasteiger partial charge is 0.245 e. The van der Waals surface area contributed by atoms with Crippen LogP contribution in [0.3, 0.4) is 0 Å². The topological polar surface area (TPSA) is 168 Å². The Kier molecular flexibility index (Phi) is 6.84. The van der Waals surface area contributed by atoms with Gasteiger partial charge in [0.15, 0.2) is 5.76 Å². The van der Waals surface area contributed by atoms with Crippen LogP contribution in [-0.4, -0.2) is 51.6 Å². The van der Waals surface area contributed by atoms with Crippen LogP contribution >= 0.6 is 0 Å². The molecule has 0 fully saturated rings. The summed E-state index contributed by atoms with van der Waals surface area (Å²) < 4.78 is 60.4. The molecule has 14 heteroatoms. The molecule has 0 saturated heterocycles. The third-order valence-corrected chi connectivity index (χ3v) is 8.29. The standard InChI is InChI=1S/C20H25N7O5S2/c1-13-18(14(2)32-27-13)34(30,31)24-10-7-15-12-22-20-25-16-5-3-6-17(11-16)33(28,29)23-9-4-8-21-19(15)26-20/h3,5-6,11-12,23-24H,4,7-10H2,1-2H3,(H2,21,22,25,26). The average Bonchev–Trinajstić information content (AvgIpc) is 3.13. The Labute approximate surface area is 197 Å². The fourth-order valence-electron chi connectivity index (χ4n) is 3.51. The summed E-state index contributed by atoms with van der Waals surface area (Å²) in [4.78, 5) is 9.01. The predicted octanol–water partition coefficient (Wildman–Crippen LogP) is 1.44. The van der Waals surface area contributed by atoms with E-state index in [0.29, 0.717) is 42.1 Å². The molecule has 0 spiro atoms. The molecule has 0 aliphatic carbocycles. The molecule has 182 valence electrons. The van der Waals surface area contributed by atoms with E-state index in [4.69, 9.17) is 4.52 Å². The van der Waals surface area contributed by atoms with Crippen LogP contribution < -0.4 is 20.1 Å². The Morgan fingerprint density at radius 2 is 2.03 bits per heavy atom. The molecule has 4 rings (SSSR count). The van der Waals surface area contributed by atoms with E-state index in [1.165, 1.54) is 12.1 Å². The monoisotopic (exact) mass is 507 g/mol. The summed E-state index contributed by atoms with van der Waals surface area (Å²) in [5.74, 6) is 1.04. The molecule has 4 bridgehead atoms. The molecule has 1 aliphatic rings. The molecule has 1 aliphatic heterocycles. The first-order valence-electron chi connectivity index (χ1n) is 10.5. The molecule has 12 nitrogen and oxygen atoms in total. The van der Waals surface area contributed by atoms with Crippen molar-refractivity contribution in [3.63, 3.8) is 0 Å². The van der Waals surface area contributed by atoms with E-state index in [1.807, 2.05) is 0 Å². The maximum Gasteiger partial charge on any atom is 0.245 e. The van der Waals surface area contributed by atoms with Crippen molar-refractivity contribution in [1.29, 1.82) is 0 Å². The maximum atomic E-state index is 12.6. The minimum atomic E-state index is -3.78. The second-order valence-corrected chi connectivity index (χ2v) is 11.2. The molecule has 0 unspecified atom stereocenters. The molecule has 0 saturated carbocycles. The van der Waals surface area contributed by atoms with Crippen LogP contribution in [0, 0.1) is 13.8 Å². The Morgan fingerprint density at radius 3 is 2.79 bits per heavy atom. The number of aromatic nitrogens is 3. The quantitative estimate of drug-likeness (QED) is 0.396. The lowest BCUT2D eigenvalue weighted by Gasteiger charge is -2.13. The Morgan fingerprint density at radius 1 is 1.21 bits per heavy atom. The van der Waals surface area contributed by atoms with Crippen molar-refractivity contribution in [2.24, 2.45) is 0 Å². The van der Waals surface area contributed by atoms with E-state index < -0.39 is 20.0 Å². The highest BCUT2D eigenvalue weighted by Gasteiger charge is 2.24. The van der Waals surface area contributed by atoms with E-state index in [2.05, 4.69) is 35.2 Å². The molecule has 0 amide bonds. The molecule has 3 heterocycles. The number of nitrogens with one attached hydrogen (secondary N) is 4. The Balaban J connectivity index is 1.53. The van der Waals surface area contributed by atoms with Crippen molar-refractivity contribution in [2.75, 3.05) is 30.3 Å². The molecule has 34 heavy (non-hydrogen) atoms. The third-order valence-electron chi connectivity index (χ3n) is 5.13. The number of anilines is 3. The first kappa shape index (κ1) is 24.1. The molecule has 3 aromatic rings. The van der Waals surface area contributed by atoms with Gasteiger partial charge in [0.25, 0.3) is 0 Å². The summed E-state index contributed by atoms with van der Waals surface area (Å²) in [6, 6.07) is 6.38. The number of benzene rings is 1. The van der Waals surface area contributed by atoms with Crippen LogP contribution in [0.4, 0.5) is 17.5 Å². The fraction of sp³-hybridized carbons (Fsp3) is 0.350. The van der Waals surface area contributed by atoms with Gasteiger partial charge in [-0.1, -0.05) is 11.2 Å². The summed E-state index contributed by atoms with van der Waals surface area (Å²) in [6.45, 7) is 3.92. The highest BCUT2D eigenvalue weighted by atomic mass is 32.2. The molecule has 4 N–H and O–H groups in total. The van der Waals surface area contributed by atoms with Gasteiger partial charge < -0.3 is 15.2 Å². The lowest BCUT2D eigenvalue weighted by atomic mass is 10.2. The number of fused-ring (bicyclic) bond motifs is 4. The summed E-state index contributed by atoms with van der Waals surface area (Å²) >= 11 is 0. The second kappa shape index (κ2) is 9.66. The van der Waals surface area contributed by atoms with Gasteiger partial charge in [-0.25, -0.2) is 31.3 Å². The van der Waals surface area contributed by atoms with Gasteiger partial charge in [0.05, 0.1) is 4.90 Å². The minimum absolute atomic E-state index is 0.0388. The van der Waals surface area contributed by atoms with E-state index >= 15 is 0 Å². The lowest BCUT2D eigenvalue weighted by molar-refractivity contribution is 0.390. The first-order valence-corrected chi connectivity index (χ1v) is 13.5. The van der Waals surface area contributed by atoms with Gasteiger partial charge in [-0.3, -0.25) is 0 Å². The summed E-state index contributed by atoms with van der Waals surface area (Å²) in [7, 11) is -7.41. The predicted molar refractivity (Wildman–Crippen MR) is 125 cm³/mol. The zero-order valence-electron chi connectivity index (χ0n) is 18.6. The van der Waals surface area contributed by atoms with E-state index in [-0.39, 0.29) is 34.6 Å². The van der Waals surface area contributed by atoms with Crippen LogP contribution in [0.1, 0.15) is 23.4 Å². The van der Waals surface area contributed by atoms with Crippen LogP contribution in [0.15, 0.2) is 44.8 Å². The van der Waals surface area contributed by atoms with E-state index in [0.717, 1.165) is 0 Å². The number of hydrogen-bond acceptors (Lipinski definition) is 10. The minimum Gasteiger partial charge on any atom is -0.370 e. The normalized spacial score (nSPS) is 15.8. The van der Waals surface area contributed by atoms with E-state index in [9.17, 15) is 16.8 Å². The SMILES string of the molecule is Cc1noc(C)c1S(=O)(=O)NCCc1cnc2nc1NCCCNS(=O)(=O)c1cccc(c1)N2. The van der Waals surface area contributed by atoms with Gasteiger partial charge in [0, 0.05) is 37.1 Å². The summed E-state index contributed by atoms with van der Waals surface area (Å²) in [6.07, 6.45) is 2.46. The maximum absolute atomic E-state index is 12.6. The highest BCUT2D eigenvalue weighted by Crippen LogP contribution is 2.22. The largest absolute Gasteiger partial charge is 0.370 e. The molecule has 1 aromatic carbocycles. The zero-order chi connectivity index (χ0) is 24.3. The molecular weight excluding hydrogens is 482 g/mol. The van der Waals surface area contributed by atoms with Crippen molar-refractivity contribution in [2.45, 2.75) is 36.5 Å². The average molecular weight is 508 g/mol. The van der Waals surface area contributed by atoms with Gasteiger partial charge >= 0.3 is 0 Å². The Hall–Kier alpha value is -3.07. The van der Waals surface area contributed by atoms with Gasteiger partial charge in [-0.05, 0) is 44.9 Å². The fourth-order valence-corrected chi connectivity index (χ4v) is 5.99. The molecule has 0 atom stereocenters. The first-order chi connectivity index (χ1) is 16.2. The number of hydrogen-bond donors (Lipinski definition) is 4. The van der Waals surface area contributed by atoms with Gasteiger partial charge in [-0.2, -0.15) is 4.98 Å². The van der Waals surface area contributed by atoms with Gasteiger partial charge in [0.1, 0.15) is 16.4 Å². The van der Waals surface area contributed by atoms with Crippen LogP contribution in [0.25, 0.3) is 0 Å². The number of sulfonamides is 2. The van der Waals surface area contributed by atoms with Crippen molar-refractivity contribution in [1.82, 2.24) is 24.6 Å². The third kappa shape index (κ3) is 5.35. The number of nitrogens with zero attached hydrogens (tertiary/aromatic N) is 3. The Bertz CT molecular complexity index is 1380. The summed E-state index contributed by atoms with van der Waals surface area (Å²) in [5.41, 5.74) is 1.52. The van der Waals surface area contributed by atoms with Crippen molar-refractivity contribution in [3.8, 4) is 0 Å². The number of aryl methyl sites for hydroxylation is 2. The molecule has 0 radical (unpaired) electrons. The van der Waals surface area contributed by atoms with Crippen LogP contribution in [0.5, 0.6) is 0 Å².